The van der Waals surface area contributed by atoms with Gasteiger partial charge in [-0.2, -0.15) is 31.4 Å². The number of H-pyrrole nitrogens is 1. The Morgan fingerprint density at radius 2 is 1.61 bits per heavy atom. The predicted molar refractivity (Wildman–Crippen MR) is 85.7 cm³/mol. The van der Waals surface area contributed by atoms with E-state index in [0.29, 0.717) is 12.1 Å². The van der Waals surface area contributed by atoms with Crippen molar-refractivity contribution >= 4 is 50.5 Å². The second kappa shape index (κ2) is 7.00. The lowest BCUT2D eigenvalue weighted by atomic mass is 10.2. The van der Waals surface area contributed by atoms with Crippen molar-refractivity contribution in [3.63, 3.8) is 0 Å². The number of aromatic nitrogens is 2. The van der Waals surface area contributed by atoms with Crippen LogP contribution in [0.15, 0.2) is 17.0 Å². The molecule has 0 atom stereocenters. The van der Waals surface area contributed by atoms with Gasteiger partial charge in [0.15, 0.2) is 10.6 Å². The summed E-state index contributed by atoms with van der Waals surface area (Å²) >= 11 is 11.3. The molecule has 0 spiro atoms. The lowest BCUT2D eigenvalue weighted by Crippen LogP contribution is -2.26. The zero-order chi connectivity index (χ0) is 21.7. The molecule has 1 aromatic heterocycles. The van der Waals surface area contributed by atoms with Gasteiger partial charge in [-0.05, 0) is 12.1 Å². The number of aromatic amines is 1. The highest BCUT2D eigenvalue weighted by atomic mass is 35.5. The van der Waals surface area contributed by atoms with Crippen LogP contribution in [-0.2, 0) is 16.0 Å². The summed E-state index contributed by atoms with van der Waals surface area (Å²) < 4.78 is 99.6. The van der Waals surface area contributed by atoms with Crippen molar-refractivity contribution in [1.82, 2.24) is 10.2 Å². The van der Waals surface area contributed by atoms with E-state index in [1.165, 1.54) is 0 Å². The monoisotopic (exact) mass is 470 g/mol. The number of halogens is 8. The lowest BCUT2D eigenvalue weighted by molar-refractivity contribution is -0.137. The Bertz CT molecular complexity index is 1030. The minimum atomic E-state index is -6.07. The molecule has 0 saturated carbocycles. The second-order valence-corrected chi connectivity index (χ2v) is 7.72. The molecule has 1 aromatic carbocycles. The maximum atomic E-state index is 12.8. The quantitative estimate of drug-likeness (QED) is 0.588. The molecule has 0 aliphatic carbocycles. The lowest BCUT2D eigenvalue weighted by Gasteiger charge is -2.13. The summed E-state index contributed by atoms with van der Waals surface area (Å²) in [7, 11) is -6.07. The number of hydrogen-bond donors (Lipinski definition) is 3. The summed E-state index contributed by atoms with van der Waals surface area (Å²) in [5, 5.41) is 5.20. The summed E-state index contributed by atoms with van der Waals surface area (Å²) in [6.07, 6.45) is -4.82. The minimum absolute atomic E-state index is 0.398. The van der Waals surface area contributed by atoms with Crippen LogP contribution in [0.25, 0.3) is 0 Å². The highest BCUT2D eigenvalue weighted by Gasteiger charge is 2.51. The van der Waals surface area contributed by atoms with Crippen LogP contribution in [0.1, 0.15) is 16.1 Å². The Morgan fingerprint density at radius 1 is 1.11 bits per heavy atom. The van der Waals surface area contributed by atoms with Gasteiger partial charge in [0, 0.05) is 0 Å². The van der Waals surface area contributed by atoms with E-state index >= 15 is 0 Å². The Balaban J connectivity index is 2.49. The van der Waals surface area contributed by atoms with Crippen LogP contribution in [0.4, 0.5) is 37.8 Å². The minimum Gasteiger partial charge on any atom is -0.383 e. The van der Waals surface area contributed by atoms with Crippen molar-refractivity contribution in [2.75, 3.05) is 11.1 Å². The molecular formula is C12H6Cl2F6N4O3S. The smallest absolute Gasteiger partial charge is 0.383 e. The van der Waals surface area contributed by atoms with Crippen molar-refractivity contribution in [3.05, 3.63) is 33.4 Å². The van der Waals surface area contributed by atoms with Crippen LogP contribution < -0.4 is 11.1 Å². The molecule has 154 valence electrons. The van der Waals surface area contributed by atoms with Crippen molar-refractivity contribution in [2.45, 2.75) is 16.6 Å². The summed E-state index contributed by atoms with van der Waals surface area (Å²) in [5.74, 6) is -2.65. The molecule has 0 aliphatic rings. The van der Waals surface area contributed by atoms with Crippen molar-refractivity contribution in [3.8, 4) is 0 Å². The van der Waals surface area contributed by atoms with Gasteiger partial charge in [0.25, 0.3) is 15.7 Å². The number of nitrogen functional groups attached to an aromatic ring is 1. The van der Waals surface area contributed by atoms with Gasteiger partial charge in [-0.15, -0.1) is 0 Å². The SMILES string of the molecule is Nc1[nH]nc(C(=O)Nc2c(Cl)cc(C(F)(F)F)cc2Cl)c1S(=O)(=O)C(F)(F)F. The van der Waals surface area contributed by atoms with Crippen LogP contribution >= 0.6 is 23.2 Å². The number of carbonyl (C=O) groups is 1. The van der Waals surface area contributed by atoms with Crippen molar-refractivity contribution in [2.24, 2.45) is 0 Å². The molecule has 7 nitrogen and oxygen atoms in total. The molecule has 0 aliphatic heterocycles. The van der Waals surface area contributed by atoms with Crippen LogP contribution in [0.2, 0.25) is 10.0 Å². The molecule has 16 heteroatoms. The highest BCUT2D eigenvalue weighted by Crippen LogP contribution is 2.39. The molecule has 0 radical (unpaired) electrons. The molecule has 0 fully saturated rings. The molecule has 0 saturated heterocycles. The normalized spacial score (nSPS) is 12.9. The van der Waals surface area contributed by atoms with Crippen LogP contribution in [-0.4, -0.2) is 30.0 Å². The standard InChI is InChI=1S/C12H6Cl2F6N4O3S/c13-4-1-3(11(15,16)17)2-5(14)6(4)22-10(25)7-8(9(21)24-23-7)28(26,27)12(18,19)20/h1-2H,(H,22,25)(H3,21,23,24). The van der Waals surface area contributed by atoms with Gasteiger partial charge in [-0.1, -0.05) is 23.2 Å². The van der Waals surface area contributed by atoms with E-state index in [1.54, 1.807) is 5.10 Å². The second-order valence-electron chi connectivity index (χ2n) is 5.03. The van der Waals surface area contributed by atoms with Gasteiger partial charge in [-0.3, -0.25) is 9.89 Å². The maximum Gasteiger partial charge on any atom is 0.502 e. The summed E-state index contributed by atoms with van der Waals surface area (Å²) in [6.45, 7) is 0. The number of nitrogens with zero attached hydrogens (tertiary/aromatic N) is 1. The third-order valence-corrected chi connectivity index (χ3v) is 5.30. The van der Waals surface area contributed by atoms with Gasteiger partial charge in [0.05, 0.1) is 21.3 Å². The number of carbonyl (C=O) groups excluding carboxylic acids is 1. The number of benzene rings is 1. The Kier molecular flexibility index (Phi) is 5.53. The van der Waals surface area contributed by atoms with Crippen LogP contribution in [0.3, 0.4) is 0 Å². The average Bonchev–Trinajstić information content (AvgIpc) is 2.90. The summed E-state index contributed by atoms with van der Waals surface area (Å²) in [6, 6.07) is 0.796. The summed E-state index contributed by atoms with van der Waals surface area (Å²) in [4.78, 5) is 10.5. The largest absolute Gasteiger partial charge is 0.502 e. The van der Waals surface area contributed by atoms with Gasteiger partial charge in [0.1, 0.15) is 5.82 Å². The first-order valence-electron chi connectivity index (χ1n) is 6.60. The van der Waals surface area contributed by atoms with Gasteiger partial charge < -0.3 is 11.1 Å². The topological polar surface area (TPSA) is 118 Å². The number of anilines is 2. The van der Waals surface area contributed by atoms with E-state index in [1.807, 2.05) is 5.32 Å². The van der Waals surface area contributed by atoms with Crippen molar-refractivity contribution < 1.29 is 39.6 Å². The molecule has 0 bridgehead atoms. The first-order valence-corrected chi connectivity index (χ1v) is 8.84. The van der Waals surface area contributed by atoms with Crippen LogP contribution in [0, 0.1) is 0 Å². The molecule has 2 rings (SSSR count). The maximum absolute atomic E-state index is 12.8. The van der Waals surface area contributed by atoms with E-state index in [4.69, 9.17) is 28.9 Å². The number of amides is 1. The number of hydrogen-bond acceptors (Lipinski definition) is 5. The number of rotatable bonds is 3. The highest BCUT2D eigenvalue weighted by molar-refractivity contribution is 7.92. The van der Waals surface area contributed by atoms with Gasteiger partial charge in [0.2, 0.25) is 0 Å². The Labute approximate surface area is 161 Å². The molecule has 4 N–H and O–H groups in total. The predicted octanol–water partition coefficient (Wildman–Crippen LogP) is 3.86. The zero-order valence-electron chi connectivity index (χ0n) is 12.8. The molecule has 1 heterocycles. The molecule has 2 aromatic rings. The van der Waals surface area contributed by atoms with Gasteiger partial charge >= 0.3 is 11.7 Å². The Morgan fingerprint density at radius 3 is 2.04 bits per heavy atom. The fourth-order valence-corrected chi connectivity index (χ4v) is 3.46. The first kappa shape index (κ1) is 22.1. The molecule has 0 unspecified atom stereocenters. The third kappa shape index (κ3) is 3.98. The van der Waals surface area contributed by atoms with E-state index in [0.717, 1.165) is 0 Å². The number of alkyl halides is 6. The molecule has 1 amide bonds. The molecular weight excluding hydrogens is 465 g/mol. The average molecular weight is 471 g/mol. The number of nitrogens with one attached hydrogen (secondary N) is 2. The first-order chi connectivity index (χ1) is 12.6. The Hall–Kier alpha value is -2.19. The molecule has 28 heavy (non-hydrogen) atoms. The summed E-state index contributed by atoms with van der Waals surface area (Å²) in [5.41, 5.74) is -3.84. The van der Waals surface area contributed by atoms with E-state index in [9.17, 15) is 39.6 Å². The van der Waals surface area contributed by atoms with Crippen molar-refractivity contribution in [1.29, 1.82) is 0 Å². The number of nitrogens with two attached hydrogens (primary N) is 1. The van der Waals surface area contributed by atoms with Gasteiger partial charge in [-0.25, -0.2) is 8.42 Å². The fraction of sp³-hybridized carbons (Fsp3) is 0.167. The number of sulfone groups is 1. The zero-order valence-corrected chi connectivity index (χ0v) is 15.2. The van der Waals surface area contributed by atoms with Crippen LogP contribution in [0.5, 0.6) is 0 Å². The third-order valence-electron chi connectivity index (χ3n) is 3.14. The fourth-order valence-electron chi connectivity index (χ4n) is 1.92. The van der Waals surface area contributed by atoms with E-state index < -0.39 is 65.1 Å². The van der Waals surface area contributed by atoms with E-state index in [2.05, 4.69) is 5.10 Å². The van der Waals surface area contributed by atoms with E-state index in [-0.39, 0.29) is 0 Å².